The summed E-state index contributed by atoms with van der Waals surface area (Å²) in [5.41, 5.74) is 11.2. The molecule has 0 aliphatic rings. The Kier molecular flexibility index (Phi) is 5.72. The molecule has 5 heteroatoms. The summed E-state index contributed by atoms with van der Waals surface area (Å²) < 4.78 is 6.71. The van der Waals surface area contributed by atoms with Gasteiger partial charge in [0.15, 0.2) is 0 Å². The third-order valence-electron chi connectivity index (χ3n) is 4.67. The van der Waals surface area contributed by atoms with Gasteiger partial charge in [0.2, 0.25) is 0 Å². The minimum atomic E-state index is -0.192. The summed E-state index contributed by atoms with van der Waals surface area (Å²) in [7, 11) is 3.40. The van der Waals surface area contributed by atoms with E-state index in [4.69, 9.17) is 10.7 Å². The number of imidazole rings is 1. The summed E-state index contributed by atoms with van der Waals surface area (Å²) >= 11 is 0. The molecule has 3 aromatic rings. The molecule has 0 radical (unpaired) electrons. The number of nitrogens with zero attached hydrogens (tertiary/aromatic N) is 2. The van der Waals surface area contributed by atoms with Gasteiger partial charge in [0.05, 0.1) is 12.8 Å². The van der Waals surface area contributed by atoms with Crippen LogP contribution >= 0.6 is 0 Å². The van der Waals surface area contributed by atoms with Crippen LogP contribution in [0.3, 0.4) is 0 Å². The first kappa shape index (κ1) is 18.9. The Labute approximate surface area is 159 Å². The molecule has 0 saturated heterocycles. The van der Waals surface area contributed by atoms with Crippen LogP contribution in [0.1, 0.15) is 30.5 Å². The molecule has 0 amide bonds. The van der Waals surface area contributed by atoms with Gasteiger partial charge in [0, 0.05) is 36.8 Å². The van der Waals surface area contributed by atoms with Crippen LogP contribution in [0.5, 0.6) is 0 Å². The average Bonchev–Trinajstić information content (AvgIpc) is 3.08. The molecule has 1 atom stereocenters. The van der Waals surface area contributed by atoms with Crippen molar-refractivity contribution in [2.24, 2.45) is 12.8 Å². The number of hydrogen-bond acceptors (Lipinski definition) is 4. The molecule has 0 fully saturated rings. The highest BCUT2D eigenvalue weighted by Crippen LogP contribution is 2.25. The minimum Gasteiger partial charge on any atom is -0.469 e. The van der Waals surface area contributed by atoms with Gasteiger partial charge in [-0.15, -0.1) is 0 Å². The van der Waals surface area contributed by atoms with Gasteiger partial charge in [-0.2, -0.15) is 0 Å². The molecule has 1 aromatic heterocycles. The summed E-state index contributed by atoms with van der Waals surface area (Å²) in [6.45, 7) is 1.97. The molecule has 0 aliphatic carbocycles. The topological polar surface area (TPSA) is 70.1 Å². The lowest BCUT2D eigenvalue weighted by molar-refractivity contribution is -0.140. The zero-order valence-corrected chi connectivity index (χ0v) is 16.0. The van der Waals surface area contributed by atoms with Crippen LogP contribution in [0.4, 0.5) is 0 Å². The zero-order chi connectivity index (χ0) is 19.4. The van der Waals surface area contributed by atoms with Gasteiger partial charge in [0.25, 0.3) is 0 Å². The molecule has 0 aliphatic heterocycles. The summed E-state index contributed by atoms with van der Waals surface area (Å²) in [4.78, 5) is 16.1. The van der Waals surface area contributed by atoms with Crippen molar-refractivity contribution in [2.45, 2.75) is 25.8 Å². The normalized spacial score (nSPS) is 12.0. The first-order chi connectivity index (χ1) is 13.0. The van der Waals surface area contributed by atoms with Gasteiger partial charge in [0.1, 0.15) is 5.82 Å². The Hall–Kier alpha value is -2.92. The molecule has 1 heterocycles. The molecule has 0 saturated carbocycles. The van der Waals surface area contributed by atoms with Crippen LogP contribution in [-0.2, 0) is 23.0 Å². The highest BCUT2D eigenvalue weighted by molar-refractivity contribution is 5.69. The third kappa shape index (κ3) is 4.44. The zero-order valence-electron chi connectivity index (χ0n) is 16.0. The van der Waals surface area contributed by atoms with Crippen molar-refractivity contribution in [3.63, 3.8) is 0 Å². The van der Waals surface area contributed by atoms with E-state index in [2.05, 4.69) is 16.9 Å². The van der Waals surface area contributed by atoms with Gasteiger partial charge < -0.3 is 15.0 Å². The van der Waals surface area contributed by atoms with Crippen molar-refractivity contribution >= 4 is 5.97 Å². The maximum Gasteiger partial charge on any atom is 0.305 e. The monoisotopic (exact) mass is 363 g/mol. The van der Waals surface area contributed by atoms with Gasteiger partial charge in [-0.25, -0.2) is 4.98 Å². The number of rotatable bonds is 6. The van der Waals surface area contributed by atoms with Crippen molar-refractivity contribution < 1.29 is 9.53 Å². The standard InChI is InChI=1S/C22H25N3O2/c1-15(23)17-9-11-18(12-10-17)20-14-25(2)22(24-20)19-7-4-16(5-8-19)6-13-21(26)27-3/h4-5,7-12,14-15H,6,13,23H2,1-3H3. The molecular weight excluding hydrogens is 338 g/mol. The van der Waals surface area contributed by atoms with Crippen molar-refractivity contribution in [3.05, 3.63) is 65.9 Å². The van der Waals surface area contributed by atoms with Crippen LogP contribution in [-0.4, -0.2) is 22.6 Å². The molecule has 3 rings (SSSR count). The van der Waals surface area contributed by atoms with Crippen molar-refractivity contribution in [3.8, 4) is 22.6 Å². The fourth-order valence-electron chi connectivity index (χ4n) is 3.00. The number of esters is 1. The van der Waals surface area contributed by atoms with E-state index in [1.807, 2.05) is 61.1 Å². The summed E-state index contributed by atoms with van der Waals surface area (Å²) in [6, 6.07) is 16.4. The number of hydrogen-bond donors (Lipinski definition) is 1. The van der Waals surface area contributed by atoms with Crippen molar-refractivity contribution in [1.29, 1.82) is 0 Å². The van der Waals surface area contributed by atoms with Crippen molar-refractivity contribution in [1.82, 2.24) is 9.55 Å². The van der Waals surface area contributed by atoms with E-state index < -0.39 is 0 Å². The average molecular weight is 363 g/mol. The smallest absolute Gasteiger partial charge is 0.305 e. The van der Waals surface area contributed by atoms with E-state index in [1.165, 1.54) is 7.11 Å². The molecule has 27 heavy (non-hydrogen) atoms. The van der Waals surface area contributed by atoms with Crippen LogP contribution < -0.4 is 5.73 Å². The largest absolute Gasteiger partial charge is 0.469 e. The van der Waals surface area contributed by atoms with Crippen molar-refractivity contribution in [2.75, 3.05) is 7.11 Å². The number of nitrogens with two attached hydrogens (primary N) is 1. The SMILES string of the molecule is COC(=O)CCc1ccc(-c2nc(-c3ccc(C(C)N)cc3)cn2C)cc1. The lowest BCUT2D eigenvalue weighted by Gasteiger charge is -2.05. The number of carbonyl (C=O) groups excluding carboxylic acids is 1. The number of methoxy groups -OCH3 is 1. The Bertz CT molecular complexity index is 910. The number of ether oxygens (including phenoxy) is 1. The number of aryl methyl sites for hydroxylation is 2. The first-order valence-corrected chi connectivity index (χ1v) is 9.03. The van der Waals surface area contributed by atoms with Crippen LogP contribution in [0.15, 0.2) is 54.7 Å². The predicted octanol–water partition coefficient (Wildman–Crippen LogP) is 3.88. The second-order valence-corrected chi connectivity index (χ2v) is 6.74. The van der Waals surface area contributed by atoms with E-state index in [1.54, 1.807) is 0 Å². The highest BCUT2D eigenvalue weighted by atomic mass is 16.5. The molecule has 5 nitrogen and oxygen atoms in total. The van der Waals surface area contributed by atoms with Gasteiger partial charge in [-0.1, -0.05) is 48.5 Å². The molecule has 1 unspecified atom stereocenters. The van der Waals surface area contributed by atoms with Crippen LogP contribution in [0.2, 0.25) is 0 Å². The second kappa shape index (κ2) is 8.18. The minimum absolute atomic E-state index is 0.0241. The lowest BCUT2D eigenvalue weighted by atomic mass is 10.1. The number of benzene rings is 2. The van der Waals surface area contributed by atoms with E-state index in [-0.39, 0.29) is 12.0 Å². The Balaban J connectivity index is 1.78. The third-order valence-corrected chi connectivity index (χ3v) is 4.67. The molecule has 2 N–H and O–H groups in total. The van der Waals surface area contributed by atoms with E-state index in [0.717, 1.165) is 33.8 Å². The fraction of sp³-hybridized carbons (Fsp3) is 0.273. The maximum absolute atomic E-state index is 11.3. The van der Waals surface area contributed by atoms with Crippen LogP contribution in [0.25, 0.3) is 22.6 Å². The Morgan fingerprint density at radius 2 is 1.74 bits per heavy atom. The number of carbonyl (C=O) groups is 1. The molecular formula is C22H25N3O2. The molecule has 0 spiro atoms. The van der Waals surface area contributed by atoms with Gasteiger partial charge >= 0.3 is 5.97 Å². The summed E-state index contributed by atoms with van der Waals surface area (Å²) in [6.07, 6.45) is 3.09. The summed E-state index contributed by atoms with van der Waals surface area (Å²) in [5, 5.41) is 0. The molecule has 2 aromatic carbocycles. The highest BCUT2D eigenvalue weighted by Gasteiger charge is 2.10. The second-order valence-electron chi connectivity index (χ2n) is 6.74. The first-order valence-electron chi connectivity index (χ1n) is 9.03. The maximum atomic E-state index is 11.3. The van der Waals surface area contributed by atoms with E-state index in [0.29, 0.717) is 12.8 Å². The summed E-state index contributed by atoms with van der Waals surface area (Å²) in [5.74, 6) is 0.712. The number of aromatic nitrogens is 2. The van der Waals surface area contributed by atoms with Gasteiger partial charge in [-0.3, -0.25) is 4.79 Å². The Morgan fingerprint density at radius 1 is 1.11 bits per heavy atom. The van der Waals surface area contributed by atoms with Crippen LogP contribution in [0, 0.1) is 0 Å². The van der Waals surface area contributed by atoms with Gasteiger partial charge in [-0.05, 0) is 24.5 Å². The quantitative estimate of drug-likeness (QED) is 0.675. The van der Waals surface area contributed by atoms with E-state index in [9.17, 15) is 4.79 Å². The lowest BCUT2D eigenvalue weighted by Crippen LogP contribution is -2.04. The molecule has 0 bridgehead atoms. The fourth-order valence-corrected chi connectivity index (χ4v) is 3.00. The van der Waals surface area contributed by atoms with E-state index >= 15 is 0 Å². The molecule has 140 valence electrons. The Morgan fingerprint density at radius 3 is 2.33 bits per heavy atom. The predicted molar refractivity (Wildman–Crippen MR) is 107 cm³/mol.